The van der Waals surface area contributed by atoms with Gasteiger partial charge in [-0.25, -0.2) is 14.5 Å². The van der Waals surface area contributed by atoms with Gasteiger partial charge in [0, 0.05) is 35.4 Å². The van der Waals surface area contributed by atoms with Gasteiger partial charge in [-0.05, 0) is 32.0 Å². The van der Waals surface area contributed by atoms with Crippen LogP contribution in [-0.2, 0) is 11.3 Å². The first-order valence-electron chi connectivity index (χ1n) is 9.06. The molecule has 3 heterocycles. The molecule has 1 fully saturated rings. The Morgan fingerprint density at radius 3 is 2.31 bits per heavy atom. The van der Waals surface area contributed by atoms with Crippen LogP contribution in [0.4, 0.5) is 4.79 Å². The molecule has 2 atom stereocenters. The van der Waals surface area contributed by atoms with Crippen molar-refractivity contribution in [2.45, 2.75) is 32.6 Å². The van der Waals surface area contributed by atoms with E-state index in [1.165, 1.54) is 9.80 Å². The molecule has 2 aliphatic rings. The summed E-state index contributed by atoms with van der Waals surface area (Å²) in [5, 5.41) is 5.27. The van der Waals surface area contributed by atoms with Crippen LogP contribution in [0.15, 0.2) is 29.3 Å². The number of carbonyl (C=O) groups is 2. The van der Waals surface area contributed by atoms with E-state index >= 15 is 0 Å². The van der Waals surface area contributed by atoms with E-state index in [9.17, 15) is 9.59 Å². The number of urea groups is 1. The Labute approximate surface area is 178 Å². The molecule has 3 amide bonds. The van der Waals surface area contributed by atoms with Gasteiger partial charge in [0.05, 0.1) is 12.2 Å². The highest BCUT2D eigenvalue weighted by atomic mass is 35.5. The van der Waals surface area contributed by atoms with Crippen molar-refractivity contribution < 1.29 is 9.59 Å². The van der Waals surface area contributed by atoms with E-state index < -0.39 is 18.2 Å². The molecule has 0 aliphatic carbocycles. The summed E-state index contributed by atoms with van der Waals surface area (Å²) in [4.78, 5) is 35.3. The normalized spacial score (nSPS) is 21.7. The van der Waals surface area contributed by atoms with Gasteiger partial charge in [0.2, 0.25) is 5.96 Å². The molecule has 152 valence electrons. The van der Waals surface area contributed by atoms with Gasteiger partial charge >= 0.3 is 6.03 Å². The van der Waals surface area contributed by atoms with Crippen LogP contribution >= 0.6 is 23.2 Å². The predicted molar refractivity (Wildman–Crippen MR) is 110 cm³/mol. The Morgan fingerprint density at radius 2 is 1.72 bits per heavy atom. The SMILES string of the molecule is Cc1cc(C)n(C2=NC3C(C(=O)N(Cc4c(Cl)cccc4Cl)C(=O)N3C)N2C)n1. The number of nitrogens with zero attached hydrogens (tertiary/aromatic N) is 6. The number of halogens is 2. The first-order valence-corrected chi connectivity index (χ1v) is 9.81. The minimum Gasteiger partial charge on any atom is -0.328 e. The Kier molecular flexibility index (Phi) is 4.78. The first kappa shape index (κ1) is 19.7. The number of hydrogen-bond donors (Lipinski definition) is 0. The maximum absolute atomic E-state index is 13.3. The summed E-state index contributed by atoms with van der Waals surface area (Å²) in [5.74, 6) is 0.174. The minimum atomic E-state index is -0.655. The zero-order chi connectivity index (χ0) is 21.0. The second-order valence-corrected chi connectivity index (χ2v) is 8.07. The molecule has 2 unspecified atom stereocenters. The fourth-order valence-electron chi connectivity index (χ4n) is 3.78. The van der Waals surface area contributed by atoms with Gasteiger partial charge in [0.1, 0.15) is 0 Å². The molecule has 1 aromatic carbocycles. The maximum atomic E-state index is 13.3. The van der Waals surface area contributed by atoms with E-state index in [1.54, 1.807) is 41.9 Å². The van der Waals surface area contributed by atoms with Crippen molar-refractivity contribution in [1.29, 1.82) is 0 Å². The molecule has 0 spiro atoms. The summed E-state index contributed by atoms with van der Waals surface area (Å²) in [6.07, 6.45) is -0.628. The third-order valence-corrected chi connectivity index (χ3v) is 6.00. The number of hydrogen-bond acceptors (Lipinski definition) is 5. The topological polar surface area (TPSA) is 74.0 Å². The number of aryl methyl sites for hydroxylation is 2. The molecule has 10 heteroatoms. The quantitative estimate of drug-likeness (QED) is 0.727. The number of likely N-dealkylation sites (N-methyl/N-ethyl adjacent to an activating group) is 2. The van der Waals surface area contributed by atoms with Crippen molar-refractivity contribution in [2.24, 2.45) is 4.99 Å². The average Bonchev–Trinajstić information content (AvgIpc) is 3.17. The summed E-state index contributed by atoms with van der Waals surface area (Å²) in [7, 11) is 3.41. The highest BCUT2D eigenvalue weighted by Crippen LogP contribution is 2.31. The Balaban J connectivity index is 1.69. The summed E-state index contributed by atoms with van der Waals surface area (Å²) < 4.78 is 1.69. The van der Waals surface area contributed by atoms with Crippen molar-refractivity contribution in [3.05, 3.63) is 51.3 Å². The van der Waals surface area contributed by atoms with E-state index in [2.05, 4.69) is 10.1 Å². The Hall–Kier alpha value is -2.58. The third-order valence-electron chi connectivity index (χ3n) is 5.29. The average molecular weight is 435 g/mol. The molecule has 1 saturated heterocycles. The number of rotatable bonds is 2. The molecule has 2 aromatic rings. The molecule has 29 heavy (non-hydrogen) atoms. The second-order valence-electron chi connectivity index (χ2n) is 7.26. The number of fused-ring (bicyclic) bond motifs is 1. The molecule has 0 N–H and O–H groups in total. The largest absolute Gasteiger partial charge is 0.328 e. The van der Waals surface area contributed by atoms with Crippen molar-refractivity contribution in [3.63, 3.8) is 0 Å². The monoisotopic (exact) mass is 434 g/mol. The van der Waals surface area contributed by atoms with Crippen LogP contribution in [0.5, 0.6) is 0 Å². The van der Waals surface area contributed by atoms with Crippen LogP contribution in [0, 0.1) is 13.8 Å². The lowest BCUT2D eigenvalue weighted by Gasteiger charge is -2.40. The second kappa shape index (κ2) is 7.03. The van der Waals surface area contributed by atoms with Gasteiger partial charge < -0.3 is 9.80 Å². The Morgan fingerprint density at radius 1 is 1.07 bits per heavy atom. The fourth-order valence-corrected chi connectivity index (χ4v) is 4.29. The van der Waals surface area contributed by atoms with Crippen molar-refractivity contribution in [1.82, 2.24) is 24.5 Å². The third kappa shape index (κ3) is 3.07. The summed E-state index contributed by atoms with van der Waals surface area (Å²) >= 11 is 12.5. The minimum absolute atomic E-state index is 0.00713. The lowest BCUT2D eigenvalue weighted by molar-refractivity contribution is -0.137. The molecular weight excluding hydrogens is 415 g/mol. The maximum Gasteiger partial charge on any atom is 0.328 e. The molecule has 0 bridgehead atoms. The van der Waals surface area contributed by atoms with Gasteiger partial charge in [-0.1, -0.05) is 29.3 Å². The molecule has 4 rings (SSSR count). The fraction of sp³-hybridized carbons (Fsp3) is 0.368. The van der Waals surface area contributed by atoms with Gasteiger partial charge in [-0.2, -0.15) is 5.10 Å². The van der Waals surface area contributed by atoms with E-state index in [1.807, 2.05) is 19.9 Å². The zero-order valence-electron chi connectivity index (χ0n) is 16.4. The van der Waals surface area contributed by atoms with Gasteiger partial charge in [0.15, 0.2) is 12.2 Å². The number of carbonyl (C=O) groups excluding carboxylic acids is 2. The van der Waals surface area contributed by atoms with Crippen LogP contribution in [0.3, 0.4) is 0 Å². The van der Waals surface area contributed by atoms with Crippen molar-refractivity contribution >= 4 is 41.1 Å². The van der Waals surface area contributed by atoms with Crippen molar-refractivity contribution in [3.8, 4) is 0 Å². The molecule has 2 aliphatic heterocycles. The summed E-state index contributed by atoms with van der Waals surface area (Å²) in [5.41, 5.74) is 2.27. The number of aliphatic imine (C=N–C) groups is 1. The number of benzene rings is 1. The number of imide groups is 1. The van der Waals surface area contributed by atoms with Crippen LogP contribution in [-0.4, -0.2) is 68.7 Å². The van der Waals surface area contributed by atoms with Gasteiger partial charge in [0.25, 0.3) is 5.91 Å². The smallest absolute Gasteiger partial charge is 0.328 e. The molecule has 0 saturated carbocycles. The van der Waals surface area contributed by atoms with Crippen LogP contribution in [0.1, 0.15) is 17.0 Å². The van der Waals surface area contributed by atoms with Crippen LogP contribution in [0.2, 0.25) is 10.0 Å². The highest BCUT2D eigenvalue weighted by molar-refractivity contribution is 6.36. The summed E-state index contributed by atoms with van der Waals surface area (Å²) in [6.45, 7) is 3.80. The lowest BCUT2D eigenvalue weighted by Crippen LogP contribution is -2.64. The molecule has 8 nitrogen and oxygen atoms in total. The molecular formula is C19H20Cl2N6O2. The predicted octanol–water partition coefficient (Wildman–Crippen LogP) is 2.75. The van der Waals surface area contributed by atoms with E-state index in [-0.39, 0.29) is 12.5 Å². The Bertz CT molecular complexity index is 1030. The van der Waals surface area contributed by atoms with E-state index in [0.717, 1.165) is 11.4 Å². The molecule has 1 aromatic heterocycles. The first-order chi connectivity index (χ1) is 13.7. The van der Waals surface area contributed by atoms with E-state index in [0.29, 0.717) is 21.6 Å². The van der Waals surface area contributed by atoms with Crippen molar-refractivity contribution in [2.75, 3.05) is 14.1 Å². The number of amides is 3. The number of aromatic nitrogens is 2. The van der Waals surface area contributed by atoms with Gasteiger partial charge in [-0.3, -0.25) is 9.69 Å². The zero-order valence-corrected chi connectivity index (χ0v) is 17.9. The lowest BCUT2D eigenvalue weighted by atomic mass is 10.1. The van der Waals surface area contributed by atoms with Crippen LogP contribution in [0.25, 0.3) is 0 Å². The van der Waals surface area contributed by atoms with E-state index in [4.69, 9.17) is 23.2 Å². The molecule has 0 radical (unpaired) electrons. The summed E-state index contributed by atoms with van der Waals surface area (Å²) in [6, 6.07) is 5.91. The van der Waals surface area contributed by atoms with Gasteiger partial charge in [-0.15, -0.1) is 0 Å². The standard InChI is InChI=1S/C19H20Cl2N6O2/c1-10-8-11(2)27(23-10)18-22-16-15(24(18)3)17(28)26(19(29)25(16)4)9-12-13(20)6-5-7-14(12)21/h5-8,15-16H,9H2,1-4H3. The highest BCUT2D eigenvalue weighted by Gasteiger charge is 2.51. The van der Waals surface area contributed by atoms with Crippen LogP contribution < -0.4 is 0 Å².